The fourth-order valence-corrected chi connectivity index (χ4v) is 3.19. The first-order valence-corrected chi connectivity index (χ1v) is 9.09. The topological polar surface area (TPSA) is 84.0 Å². The minimum absolute atomic E-state index is 0.0197. The number of carbonyl (C=O) groups is 1. The van der Waals surface area contributed by atoms with Gasteiger partial charge >= 0.3 is 0 Å². The summed E-state index contributed by atoms with van der Waals surface area (Å²) in [6.45, 7) is 2.06. The summed E-state index contributed by atoms with van der Waals surface area (Å²) in [6.07, 6.45) is 5.27. The summed E-state index contributed by atoms with van der Waals surface area (Å²) in [6, 6.07) is 13.0. The Morgan fingerprint density at radius 1 is 1.07 bits per heavy atom. The van der Waals surface area contributed by atoms with Gasteiger partial charge in [0, 0.05) is 31.5 Å². The van der Waals surface area contributed by atoms with Gasteiger partial charge in [-0.25, -0.2) is 4.98 Å². The van der Waals surface area contributed by atoms with Gasteiger partial charge in [0.25, 0.3) is 5.91 Å². The highest BCUT2D eigenvalue weighted by molar-refractivity contribution is 5.93. The maximum absolute atomic E-state index is 12.7. The number of aromatic amines is 1. The highest BCUT2D eigenvalue weighted by Gasteiger charge is 2.25. The molecule has 1 saturated heterocycles. The minimum atomic E-state index is -0.0197. The largest absolute Gasteiger partial charge is 0.477 e. The summed E-state index contributed by atoms with van der Waals surface area (Å²) in [5.74, 6) is 1.06. The van der Waals surface area contributed by atoms with Crippen LogP contribution >= 0.6 is 0 Å². The van der Waals surface area contributed by atoms with Crippen LogP contribution in [0.5, 0.6) is 5.88 Å². The zero-order chi connectivity index (χ0) is 18.5. The second kappa shape index (κ2) is 7.99. The lowest BCUT2D eigenvalue weighted by atomic mass is 9.97. The standard InChI is InChI=1S/C20H21N5O2/c26-20(18-13-17(23-24-18)16-5-1-3-9-21-16)25-11-7-15(8-12-25)14-27-19-6-2-4-10-22-19/h1-6,9-10,13,15H,7-8,11-12,14H2,(H,23,24). The molecule has 1 N–H and O–H groups in total. The van der Waals surface area contributed by atoms with E-state index in [4.69, 9.17) is 4.74 Å². The van der Waals surface area contributed by atoms with Crippen LogP contribution in [0.25, 0.3) is 11.4 Å². The summed E-state index contributed by atoms with van der Waals surface area (Å²) in [7, 11) is 0. The molecule has 1 aliphatic rings. The second-order valence-corrected chi connectivity index (χ2v) is 6.60. The van der Waals surface area contributed by atoms with Gasteiger partial charge in [-0.2, -0.15) is 5.10 Å². The quantitative estimate of drug-likeness (QED) is 0.753. The summed E-state index contributed by atoms with van der Waals surface area (Å²) in [5, 5.41) is 7.06. The molecule has 4 heterocycles. The van der Waals surface area contributed by atoms with Crippen LogP contribution < -0.4 is 4.74 Å². The third kappa shape index (κ3) is 4.13. The van der Waals surface area contributed by atoms with E-state index in [1.165, 1.54) is 0 Å². The summed E-state index contributed by atoms with van der Waals surface area (Å²) < 4.78 is 5.74. The van der Waals surface area contributed by atoms with Crippen LogP contribution in [0.2, 0.25) is 0 Å². The van der Waals surface area contributed by atoms with E-state index < -0.39 is 0 Å². The normalized spacial score (nSPS) is 14.9. The number of ether oxygens (including phenoxy) is 1. The van der Waals surface area contributed by atoms with Crippen molar-refractivity contribution in [2.45, 2.75) is 12.8 Å². The van der Waals surface area contributed by atoms with Crippen LogP contribution in [-0.2, 0) is 0 Å². The summed E-state index contributed by atoms with van der Waals surface area (Å²) in [4.78, 5) is 23.0. The molecule has 4 rings (SSSR count). The molecule has 7 heteroatoms. The molecule has 1 aliphatic heterocycles. The molecule has 1 amide bonds. The smallest absolute Gasteiger partial charge is 0.271 e. The lowest BCUT2D eigenvalue weighted by Gasteiger charge is -2.31. The molecule has 0 atom stereocenters. The van der Waals surface area contributed by atoms with Crippen molar-refractivity contribution in [3.63, 3.8) is 0 Å². The molecule has 3 aromatic heterocycles. The predicted octanol–water partition coefficient (Wildman–Crippen LogP) is 2.80. The number of hydrogen-bond donors (Lipinski definition) is 1. The van der Waals surface area contributed by atoms with E-state index in [2.05, 4.69) is 20.2 Å². The van der Waals surface area contributed by atoms with Crippen molar-refractivity contribution >= 4 is 5.91 Å². The number of nitrogens with one attached hydrogen (secondary N) is 1. The van der Waals surface area contributed by atoms with Crippen molar-refractivity contribution in [3.8, 4) is 17.3 Å². The zero-order valence-electron chi connectivity index (χ0n) is 14.9. The number of H-pyrrole nitrogens is 1. The number of hydrogen-bond acceptors (Lipinski definition) is 5. The number of aromatic nitrogens is 4. The molecule has 1 fully saturated rings. The van der Waals surface area contributed by atoms with Gasteiger partial charge in [-0.15, -0.1) is 0 Å². The monoisotopic (exact) mass is 363 g/mol. The van der Waals surface area contributed by atoms with Crippen molar-refractivity contribution in [3.05, 3.63) is 60.6 Å². The Morgan fingerprint density at radius 3 is 2.56 bits per heavy atom. The molecule has 138 valence electrons. The van der Waals surface area contributed by atoms with Gasteiger partial charge in [-0.1, -0.05) is 12.1 Å². The van der Waals surface area contributed by atoms with Gasteiger partial charge in [-0.05, 0) is 43.0 Å². The lowest BCUT2D eigenvalue weighted by molar-refractivity contribution is 0.0653. The number of rotatable bonds is 5. The van der Waals surface area contributed by atoms with Crippen molar-refractivity contribution < 1.29 is 9.53 Å². The third-order valence-corrected chi connectivity index (χ3v) is 4.74. The highest BCUT2D eigenvalue weighted by atomic mass is 16.5. The van der Waals surface area contributed by atoms with E-state index in [-0.39, 0.29) is 5.91 Å². The fraction of sp³-hybridized carbons (Fsp3) is 0.300. The van der Waals surface area contributed by atoms with E-state index >= 15 is 0 Å². The third-order valence-electron chi connectivity index (χ3n) is 4.74. The number of amides is 1. The van der Waals surface area contributed by atoms with Crippen molar-refractivity contribution in [2.24, 2.45) is 5.92 Å². The Bertz CT molecular complexity index is 874. The first-order chi connectivity index (χ1) is 13.3. The molecular weight excluding hydrogens is 342 g/mol. The Hall–Kier alpha value is -3.22. The second-order valence-electron chi connectivity index (χ2n) is 6.60. The number of piperidine rings is 1. The van der Waals surface area contributed by atoms with Gasteiger partial charge < -0.3 is 9.64 Å². The van der Waals surface area contributed by atoms with E-state index in [0.717, 1.165) is 18.5 Å². The van der Waals surface area contributed by atoms with E-state index in [9.17, 15) is 4.79 Å². The lowest BCUT2D eigenvalue weighted by Crippen LogP contribution is -2.39. The number of carbonyl (C=O) groups excluding carboxylic acids is 1. The molecule has 0 aromatic carbocycles. The zero-order valence-corrected chi connectivity index (χ0v) is 14.9. The van der Waals surface area contributed by atoms with Crippen molar-refractivity contribution in [2.75, 3.05) is 19.7 Å². The van der Waals surface area contributed by atoms with Gasteiger partial charge in [0.15, 0.2) is 0 Å². The summed E-state index contributed by atoms with van der Waals surface area (Å²) >= 11 is 0. The Morgan fingerprint density at radius 2 is 1.85 bits per heavy atom. The Labute approximate surface area is 157 Å². The SMILES string of the molecule is O=C(c1cc(-c2ccccn2)n[nH]1)N1CCC(COc2ccccn2)CC1. The first kappa shape index (κ1) is 17.2. The average Bonchev–Trinajstić information content (AvgIpc) is 3.24. The number of pyridine rings is 2. The maximum atomic E-state index is 12.7. The molecule has 27 heavy (non-hydrogen) atoms. The first-order valence-electron chi connectivity index (χ1n) is 9.09. The molecule has 0 spiro atoms. The number of nitrogens with zero attached hydrogens (tertiary/aromatic N) is 4. The molecule has 0 saturated carbocycles. The van der Waals surface area contributed by atoms with Crippen LogP contribution in [0, 0.1) is 5.92 Å². The van der Waals surface area contributed by atoms with Crippen molar-refractivity contribution in [1.82, 2.24) is 25.1 Å². The molecule has 0 radical (unpaired) electrons. The molecule has 3 aromatic rings. The molecule has 0 bridgehead atoms. The van der Waals surface area contributed by atoms with Gasteiger partial charge in [0.05, 0.1) is 12.3 Å². The van der Waals surface area contributed by atoms with Gasteiger partial charge in [0.2, 0.25) is 5.88 Å². The van der Waals surface area contributed by atoms with Gasteiger partial charge in [0.1, 0.15) is 11.4 Å². The van der Waals surface area contributed by atoms with Crippen LogP contribution in [0.4, 0.5) is 0 Å². The minimum Gasteiger partial charge on any atom is -0.477 e. The summed E-state index contributed by atoms with van der Waals surface area (Å²) in [5.41, 5.74) is 1.93. The van der Waals surface area contributed by atoms with Crippen LogP contribution in [0.3, 0.4) is 0 Å². The Balaban J connectivity index is 1.30. The van der Waals surface area contributed by atoms with Crippen LogP contribution in [0.15, 0.2) is 54.9 Å². The molecule has 0 unspecified atom stereocenters. The fourth-order valence-electron chi connectivity index (χ4n) is 3.19. The average molecular weight is 363 g/mol. The van der Waals surface area contributed by atoms with E-state index in [1.807, 2.05) is 41.3 Å². The molecule has 0 aliphatic carbocycles. The van der Waals surface area contributed by atoms with E-state index in [0.29, 0.717) is 42.9 Å². The van der Waals surface area contributed by atoms with Crippen molar-refractivity contribution in [1.29, 1.82) is 0 Å². The van der Waals surface area contributed by atoms with E-state index in [1.54, 1.807) is 18.5 Å². The predicted molar refractivity (Wildman–Crippen MR) is 100 cm³/mol. The van der Waals surface area contributed by atoms with Crippen LogP contribution in [-0.4, -0.2) is 50.7 Å². The molecule has 7 nitrogen and oxygen atoms in total. The Kier molecular flexibility index (Phi) is 5.09. The van der Waals surface area contributed by atoms with Crippen LogP contribution in [0.1, 0.15) is 23.3 Å². The highest BCUT2D eigenvalue weighted by Crippen LogP contribution is 2.21. The maximum Gasteiger partial charge on any atom is 0.271 e. The van der Waals surface area contributed by atoms with Gasteiger partial charge in [-0.3, -0.25) is 14.9 Å². The molecular formula is C20H21N5O2. The number of likely N-dealkylation sites (tertiary alicyclic amines) is 1.